The second-order valence-corrected chi connectivity index (χ2v) is 13.9. The van der Waals surface area contributed by atoms with Gasteiger partial charge in [0.05, 0.1) is 28.6 Å². The molecule has 0 saturated carbocycles. The van der Waals surface area contributed by atoms with Crippen molar-refractivity contribution in [2.45, 2.75) is 89.9 Å². The fourth-order valence-corrected chi connectivity index (χ4v) is 6.20. The van der Waals surface area contributed by atoms with Gasteiger partial charge in [-0.2, -0.15) is 0 Å². The van der Waals surface area contributed by atoms with Crippen LogP contribution >= 0.6 is 0 Å². The number of carbonyl (C=O) groups excluding carboxylic acids is 3. The van der Waals surface area contributed by atoms with Crippen molar-refractivity contribution in [3.05, 3.63) is 30.3 Å². The van der Waals surface area contributed by atoms with Gasteiger partial charge in [0.1, 0.15) is 6.29 Å². The number of alkyl carbamates (subject to hydrolysis) is 1. The summed E-state index contributed by atoms with van der Waals surface area (Å²) in [6, 6.07) is 7.91. The Morgan fingerprint density at radius 3 is 2.48 bits per heavy atom. The molecule has 0 radical (unpaired) electrons. The normalized spacial score (nSPS) is 29.7. The van der Waals surface area contributed by atoms with Crippen molar-refractivity contribution < 1.29 is 37.4 Å². The molecule has 0 unspecified atom stereocenters. The number of ether oxygens (including phenoxy) is 2. The summed E-state index contributed by atoms with van der Waals surface area (Å²) in [5, 5.41) is 13.6. The smallest absolute Gasteiger partial charge is 0.408 e. The number of ketones is 1. The SMILES string of the molecule is C[C@H]1C[C@H](OC(=O)NC(C)(C)CNS(=O)(=O)c2ccccc2)C(=O)[C@H](C)CCCOC[C@@](C)(C=O)[C@@H](O)[C@H](C)C1. The van der Waals surface area contributed by atoms with E-state index in [9.17, 15) is 27.9 Å². The van der Waals surface area contributed by atoms with Gasteiger partial charge in [-0.25, -0.2) is 17.9 Å². The molecule has 10 nitrogen and oxygen atoms in total. The number of aliphatic hydroxyl groups excluding tert-OH is 1. The summed E-state index contributed by atoms with van der Waals surface area (Å²) in [5.74, 6) is -0.963. The fourth-order valence-electron chi connectivity index (χ4n) is 4.97. The quantitative estimate of drug-likeness (QED) is 0.414. The highest BCUT2D eigenvalue weighted by Crippen LogP contribution is 2.31. The summed E-state index contributed by atoms with van der Waals surface area (Å²) in [6.45, 7) is 10.9. The first-order valence-corrected chi connectivity index (χ1v) is 15.4. The highest BCUT2D eigenvalue weighted by atomic mass is 32.2. The number of sulfonamides is 1. The van der Waals surface area contributed by atoms with Gasteiger partial charge in [0.15, 0.2) is 11.9 Å². The summed E-state index contributed by atoms with van der Waals surface area (Å²) >= 11 is 0. The van der Waals surface area contributed by atoms with E-state index in [0.717, 1.165) is 6.29 Å². The molecule has 1 saturated heterocycles. The predicted molar refractivity (Wildman–Crippen MR) is 151 cm³/mol. The number of aldehydes is 1. The van der Waals surface area contributed by atoms with Crippen molar-refractivity contribution in [1.29, 1.82) is 0 Å². The number of aliphatic hydroxyl groups is 1. The molecule has 1 aromatic carbocycles. The van der Waals surface area contributed by atoms with Crippen LogP contribution in [0.15, 0.2) is 35.2 Å². The van der Waals surface area contributed by atoms with E-state index in [1.165, 1.54) is 12.1 Å². The van der Waals surface area contributed by atoms with E-state index in [-0.39, 0.29) is 48.0 Å². The number of amides is 1. The molecule has 226 valence electrons. The first-order chi connectivity index (χ1) is 18.6. The van der Waals surface area contributed by atoms with Gasteiger partial charge in [-0.3, -0.25) is 4.79 Å². The average Bonchev–Trinajstić information content (AvgIpc) is 2.90. The van der Waals surface area contributed by atoms with Crippen LogP contribution < -0.4 is 10.0 Å². The van der Waals surface area contributed by atoms with Gasteiger partial charge >= 0.3 is 6.09 Å². The average molecular weight is 583 g/mol. The maximum absolute atomic E-state index is 13.3. The van der Waals surface area contributed by atoms with E-state index in [4.69, 9.17) is 9.47 Å². The molecule has 3 N–H and O–H groups in total. The van der Waals surface area contributed by atoms with E-state index in [0.29, 0.717) is 25.9 Å². The second kappa shape index (κ2) is 14.5. The summed E-state index contributed by atoms with van der Waals surface area (Å²) < 4.78 is 39.0. The minimum Gasteiger partial charge on any atom is -0.438 e. The zero-order chi connectivity index (χ0) is 30.1. The number of hydrogen-bond acceptors (Lipinski definition) is 8. The first kappa shape index (κ1) is 33.9. The summed E-state index contributed by atoms with van der Waals surface area (Å²) in [7, 11) is -3.78. The van der Waals surface area contributed by atoms with E-state index >= 15 is 0 Å². The zero-order valence-corrected chi connectivity index (χ0v) is 25.3. The molecule has 0 aromatic heterocycles. The molecular weight excluding hydrogens is 536 g/mol. The molecule has 1 aliphatic heterocycles. The number of nitrogens with one attached hydrogen (secondary N) is 2. The molecule has 0 bridgehead atoms. The molecule has 1 aromatic rings. The van der Waals surface area contributed by atoms with Crippen molar-refractivity contribution in [2.75, 3.05) is 19.8 Å². The van der Waals surface area contributed by atoms with Crippen LogP contribution in [0.2, 0.25) is 0 Å². The lowest BCUT2D eigenvalue weighted by molar-refractivity contribution is -0.133. The number of rotatable bonds is 7. The van der Waals surface area contributed by atoms with E-state index < -0.39 is 39.3 Å². The summed E-state index contributed by atoms with van der Waals surface area (Å²) in [5.41, 5.74) is -2.07. The lowest BCUT2D eigenvalue weighted by atomic mass is 9.76. The van der Waals surface area contributed by atoms with Crippen molar-refractivity contribution in [1.82, 2.24) is 10.0 Å². The minimum absolute atomic E-state index is 0.0991. The Balaban J connectivity index is 2.11. The van der Waals surface area contributed by atoms with Gasteiger partial charge in [-0.15, -0.1) is 0 Å². The molecule has 1 amide bonds. The molecule has 40 heavy (non-hydrogen) atoms. The lowest BCUT2D eigenvalue weighted by Gasteiger charge is -2.35. The Morgan fingerprint density at radius 1 is 1.20 bits per heavy atom. The lowest BCUT2D eigenvalue weighted by Crippen LogP contribution is -2.52. The largest absolute Gasteiger partial charge is 0.438 e. The Kier molecular flexibility index (Phi) is 12.3. The Hall–Kier alpha value is -2.34. The molecule has 11 heteroatoms. The standard InChI is InChI=1S/C29H46N2O8S/c1-20-15-22(3)26(34)29(6,18-32)19-38-14-10-11-21(2)25(33)24(16-20)39-27(35)31-28(4,5)17-30-40(36,37)23-12-8-7-9-13-23/h7-9,12-13,18,20-22,24,26,30,34H,10-11,14-17,19H2,1-6H3,(H,31,35)/t20-,21-,22-,24+,26+,29-/m1/s1. The van der Waals surface area contributed by atoms with Crippen molar-refractivity contribution >= 4 is 28.2 Å². The van der Waals surface area contributed by atoms with Crippen LogP contribution in [0.4, 0.5) is 4.79 Å². The van der Waals surface area contributed by atoms with Crippen molar-refractivity contribution in [2.24, 2.45) is 23.2 Å². The molecule has 1 fully saturated rings. The minimum atomic E-state index is -3.78. The topological polar surface area (TPSA) is 148 Å². The predicted octanol–water partition coefficient (Wildman–Crippen LogP) is 3.47. The summed E-state index contributed by atoms with van der Waals surface area (Å²) in [4.78, 5) is 38.2. The van der Waals surface area contributed by atoms with Crippen LogP contribution in [0.5, 0.6) is 0 Å². The van der Waals surface area contributed by atoms with Gasteiger partial charge in [0, 0.05) is 19.1 Å². The second-order valence-electron chi connectivity index (χ2n) is 12.2. The third-order valence-electron chi connectivity index (χ3n) is 7.46. The molecule has 0 spiro atoms. The number of hydrogen-bond donors (Lipinski definition) is 3. The van der Waals surface area contributed by atoms with Crippen LogP contribution in [-0.4, -0.2) is 69.2 Å². The van der Waals surface area contributed by atoms with Gasteiger partial charge < -0.3 is 24.7 Å². The molecule has 1 heterocycles. The van der Waals surface area contributed by atoms with E-state index in [1.807, 2.05) is 13.8 Å². The maximum Gasteiger partial charge on any atom is 0.408 e. The first-order valence-electron chi connectivity index (χ1n) is 13.9. The van der Waals surface area contributed by atoms with E-state index in [2.05, 4.69) is 10.0 Å². The van der Waals surface area contributed by atoms with Gasteiger partial charge in [0.2, 0.25) is 10.0 Å². The Morgan fingerprint density at radius 2 is 1.85 bits per heavy atom. The van der Waals surface area contributed by atoms with Crippen LogP contribution in [0.1, 0.15) is 67.2 Å². The van der Waals surface area contributed by atoms with E-state index in [1.54, 1.807) is 45.9 Å². The maximum atomic E-state index is 13.3. The third-order valence-corrected chi connectivity index (χ3v) is 8.88. The number of Topliss-reactive ketones (excluding diaryl/α,β-unsaturated/α-hetero) is 1. The van der Waals surface area contributed by atoms with Crippen LogP contribution in [0.25, 0.3) is 0 Å². The van der Waals surface area contributed by atoms with Gasteiger partial charge in [0.25, 0.3) is 0 Å². The van der Waals surface area contributed by atoms with Gasteiger partial charge in [-0.05, 0) is 70.4 Å². The van der Waals surface area contributed by atoms with Crippen molar-refractivity contribution in [3.8, 4) is 0 Å². The fraction of sp³-hybridized carbons (Fsp3) is 0.690. The molecule has 0 aliphatic carbocycles. The monoisotopic (exact) mass is 582 g/mol. The molecule has 1 aliphatic rings. The number of benzene rings is 1. The molecular formula is C29H46N2O8S. The highest BCUT2D eigenvalue weighted by molar-refractivity contribution is 7.89. The van der Waals surface area contributed by atoms with Crippen LogP contribution in [0.3, 0.4) is 0 Å². The van der Waals surface area contributed by atoms with Crippen LogP contribution in [0, 0.1) is 23.2 Å². The Bertz CT molecular complexity index is 1090. The van der Waals surface area contributed by atoms with Gasteiger partial charge in [-0.1, -0.05) is 39.0 Å². The summed E-state index contributed by atoms with van der Waals surface area (Å²) in [6.07, 6.45) is -0.207. The molecule has 2 rings (SSSR count). The Labute approximate surface area is 238 Å². The van der Waals surface area contributed by atoms with Crippen LogP contribution in [-0.2, 0) is 29.1 Å². The molecule has 6 atom stereocenters. The third kappa shape index (κ3) is 9.94. The highest BCUT2D eigenvalue weighted by Gasteiger charge is 2.38. The number of carbonyl (C=O) groups is 3. The zero-order valence-electron chi connectivity index (χ0n) is 24.5. The van der Waals surface area contributed by atoms with Crippen molar-refractivity contribution in [3.63, 3.8) is 0 Å².